The SMILES string of the molecule is CCn1nc(C(C)C)cc1C(=O)N1CCCC(COc2cccc(Cl)c2)(CC(=O)N2CCN(C)CC2)C1. The molecule has 1 unspecified atom stereocenters. The Balaban J connectivity index is 1.56. The third kappa shape index (κ3) is 6.65. The number of aromatic nitrogens is 2. The minimum atomic E-state index is -0.478. The first-order valence-corrected chi connectivity index (χ1v) is 13.8. The van der Waals surface area contributed by atoms with Gasteiger partial charge >= 0.3 is 0 Å². The molecule has 2 saturated heterocycles. The van der Waals surface area contributed by atoms with E-state index < -0.39 is 5.41 Å². The Labute approximate surface area is 225 Å². The molecule has 2 fully saturated rings. The predicted octanol–water partition coefficient (Wildman–Crippen LogP) is 4.15. The number of piperazine rings is 1. The molecule has 37 heavy (non-hydrogen) atoms. The Hall–Kier alpha value is -2.58. The summed E-state index contributed by atoms with van der Waals surface area (Å²) < 4.78 is 8.03. The molecule has 4 rings (SSSR count). The van der Waals surface area contributed by atoms with Gasteiger partial charge in [-0.3, -0.25) is 14.3 Å². The predicted molar refractivity (Wildman–Crippen MR) is 145 cm³/mol. The molecule has 8 nitrogen and oxygen atoms in total. The van der Waals surface area contributed by atoms with E-state index in [-0.39, 0.29) is 17.7 Å². The number of amides is 2. The van der Waals surface area contributed by atoms with Crippen molar-refractivity contribution in [1.82, 2.24) is 24.5 Å². The molecular weight excluding hydrogens is 490 g/mol. The van der Waals surface area contributed by atoms with Crippen LogP contribution >= 0.6 is 11.6 Å². The fourth-order valence-corrected chi connectivity index (χ4v) is 5.45. The van der Waals surface area contributed by atoms with Crippen LogP contribution in [0.4, 0.5) is 0 Å². The Morgan fingerprint density at radius 2 is 1.86 bits per heavy atom. The van der Waals surface area contributed by atoms with Crippen LogP contribution < -0.4 is 4.74 Å². The van der Waals surface area contributed by atoms with Gasteiger partial charge in [-0.05, 0) is 57.0 Å². The summed E-state index contributed by atoms with van der Waals surface area (Å²) in [5, 5.41) is 5.25. The average Bonchev–Trinajstić information content (AvgIpc) is 3.33. The van der Waals surface area contributed by atoms with E-state index in [1.54, 1.807) is 10.7 Å². The molecule has 2 aromatic rings. The van der Waals surface area contributed by atoms with Crippen LogP contribution in [0.2, 0.25) is 5.02 Å². The van der Waals surface area contributed by atoms with E-state index in [0.717, 1.165) is 44.7 Å². The van der Waals surface area contributed by atoms with Crippen LogP contribution in [0.15, 0.2) is 30.3 Å². The number of rotatable bonds is 8. The number of halogens is 1. The third-order valence-corrected chi connectivity index (χ3v) is 7.82. The Kier molecular flexibility index (Phi) is 8.80. The van der Waals surface area contributed by atoms with Crippen molar-refractivity contribution in [3.63, 3.8) is 0 Å². The number of aryl methyl sites for hydroxylation is 1. The quantitative estimate of drug-likeness (QED) is 0.514. The summed E-state index contributed by atoms with van der Waals surface area (Å²) in [4.78, 5) is 33.3. The number of carbonyl (C=O) groups excluding carboxylic acids is 2. The first-order chi connectivity index (χ1) is 17.7. The van der Waals surface area contributed by atoms with Gasteiger partial charge in [0, 0.05) is 62.7 Å². The fraction of sp³-hybridized carbons (Fsp3) is 0.607. The molecule has 0 N–H and O–H groups in total. The monoisotopic (exact) mass is 529 g/mol. The number of benzene rings is 1. The van der Waals surface area contributed by atoms with E-state index in [9.17, 15) is 9.59 Å². The molecule has 3 heterocycles. The zero-order valence-electron chi connectivity index (χ0n) is 22.6. The van der Waals surface area contributed by atoms with E-state index >= 15 is 0 Å². The summed E-state index contributed by atoms with van der Waals surface area (Å²) in [6.45, 7) is 11.5. The fourth-order valence-electron chi connectivity index (χ4n) is 5.27. The topological polar surface area (TPSA) is 70.9 Å². The second kappa shape index (κ2) is 11.9. The maximum atomic E-state index is 13.8. The highest BCUT2D eigenvalue weighted by Crippen LogP contribution is 2.36. The van der Waals surface area contributed by atoms with Gasteiger partial charge in [-0.2, -0.15) is 5.10 Å². The zero-order chi connectivity index (χ0) is 26.6. The summed E-state index contributed by atoms with van der Waals surface area (Å²) in [5.41, 5.74) is 1.06. The van der Waals surface area contributed by atoms with Crippen molar-refractivity contribution in [2.75, 3.05) is 52.9 Å². The number of piperidine rings is 1. The molecule has 0 spiro atoms. The highest BCUT2D eigenvalue weighted by molar-refractivity contribution is 6.30. The number of hydrogen-bond donors (Lipinski definition) is 0. The Bertz CT molecular complexity index is 1100. The van der Waals surface area contributed by atoms with Crippen LogP contribution in [0.3, 0.4) is 0 Å². The Morgan fingerprint density at radius 1 is 1.11 bits per heavy atom. The van der Waals surface area contributed by atoms with Gasteiger partial charge in [0.25, 0.3) is 5.91 Å². The molecule has 2 aliphatic heterocycles. The summed E-state index contributed by atoms with van der Waals surface area (Å²) in [6.07, 6.45) is 1.99. The van der Waals surface area contributed by atoms with Crippen molar-refractivity contribution in [3.05, 3.63) is 46.7 Å². The van der Waals surface area contributed by atoms with E-state index in [1.807, 2.05) is 41.0 Å². The van der Waals surface area contributed by atoms with Crippen molar-refractivity contribution >= 4 is 23.4 Å². The minimum absolute atomic E-state index is 0.0277. The lowest BCUT2D eigenvalue weighted by Gasteiger charge is -2.43. The molecule has 0 saturated carbocycles. The molecular formula is C28H40ClN5O3. The number of nitrogens with zero attached hydrogens (tertiary/aromatic N) is 5. The smallest absolute Gasteiger partial charge is 0.272 e. The number of ether oxygens (including phenoxy) is 1. The highest BCUT2D eigenvalue weighted by atomic mass is 35.5. The van der Waals surface area contributed by atoms with Crippen molar-refractivity contribution in [2.45, 2.75) is 52.5 Å². The lowest BCUT2D eigenvalue weighted by Crippen LogP contribution is -2.53. The highest BCUT2D eigenvalue weighted by Gasteiger charge is 2.42. The molecule has 9 heteroatoms. The van der Waals surface area contributed by atoms with E-state index in [0.29, 0.717) is 49.1 Å². The van der Waals surface area contributed by atoms with Gasteiger partial charge in [0.2, 0.25) is 5.91 Å². The molecule has 1 aromatic heterocycles. The van der Waals surface area contributed by atoms with Gasteiger partial charge in [-0.1, -0.05) is 31.5 Å². The summed E-state index contributed by atoms with van der Waals surface area (Å²) in [7, 11) is 2.08. The number of likely N-dealkylation sites (N-methyl/N-ethyl adjacent to an activating group) is 1. The molecule has 1 aromatic carbocycles. The molecule has 1 atom stereocenters. The molecule has 2 amide bonds. The zero-order valence-corrected chi connectivity index (χ0v) is 23.3. The largest absolute Gasteiger partial charge is 0.493 e. The van der Waals surface area contributed by atoms with E-state index in [1.165, 1.54) is 0 Å². The molecule has 202 valence electrons. The maximum Gasteiger partial charge on any atom is 0.272 e. The summed E-state index contributed by atoms with van der Waals surface area (Å²) in [5.74, 6) is 1.03. The second-order valence-electron chi connectivity index (χ2n) is 10.9. The molecule has 2 aliphatic rings. The molecule has 0 radical (unpaired) electrons. The summed E-state index contributed by atoms with van der Waals surface area (Å²) >= 11 is 6.18. The number of carbonyl (C=O) groups is 2. The van der Waals surface area contributed by atoms with Crippen LogP contribution in [0, 0.1) is 5.41 Å². The molecule has 0 aliphatic carbocycles. The Morgan fingerprint density at radius 3 is 2.54 bits per heavy atom. The van der Waals surface area contributed by atoms with Gasteiger partial charge in [-0.25, -0.2) is 0 Å². The normalized spacial score (nSPS) is 20.9. The van der Waals surface area contributed by atoms with Crippen LogP contribution in [0.1, 0.15) is 62.1 Å². The first-order valence-electron chi connectivity index (χ1n) is 13.4. The first kappa shape index (κ1) is 27.5. The number of likely N-dealkylation sites (tertiary alicyclic amines) is 1. The van der Waals surface area contributed by atoms with Crippen molar-refractivity contribution in [3.8, 4) is 5.75 Å². The van der Waals surface area contributed by atoms with Crippen molar-refractivity contribution in [1.29, 1.82) is 0 Å². The van der Waals surface area contributed by atoms with Crippen LogP contribution in [-0.2, 0) is 11.3 Å². The lowest BCUT2D eigenvalue weighted by atomic mass is 9.77. The van der Waals surface area contributed by atoms with Crippen LogP contribution in [-0.4, -0.2) is 89.2 Å². The van der Waals surface area contributed by atoms with Crippen molar-refractivity contribution in [2.24, 2.45) is 5.41 Å². The minimum Gasteiger partial charge on any atom is -0.493 e. The van der Waals surface area contributed by atoms with E-state index in [2.05, 4.69) is 30.9 Å². The van der Waals surface area contributed by atoms with Gasteiger partial charge in [-0.15, -0.1) is 0 Å². The molecule has 0 bridgehead atoms. The summed E-state index contributed by atoms with van der Waals surface area (Å²) in [6, 6.07) is 9.25. The van der Waals surface area contributed by atoms with Gasteiger partial charge in [0.1, 0.15) is 11.4 Å². The van der Waals surface area contributed by atoms with E-state index in [4.69, 9.17) is 16.3 Å². The van der Waals surface area contributed by atoms with Gasteiger partial charge in [0.15, 0.2) is 0 Å². The second-order valence-corrected chi connectivity index (χ2v) is 11.3. The lowest BCUT2D eigenvalue weighted by molar-refractivity contribution is -0.137. The third-order valence-electron chi connectivity index (χ3n) is 7.58. The standard InChI is InChI=1S/C28H40ClN5O3/c1-5-34-25(17-24(30-34)21(2)3)27(36)33-11-7-10-28(19-33,20-37-23-9-6-8-22(29)16-23)18-26(35)32-14-12-31(4)13-15-32/h6,8-9,16-17,21H,5,7,10-15,18-20H2,1-4H3. The number of hydrogen-bond acceptors (Lipinski definition) is 5. The maximum absolute atomic E-state index is 13.8. The van der Waals surface area contributed by atoms with Gasteiger partial charge < -0.3 is 19.4 Å². The average molecular weight is 530 g/mol. The van der Waals surface area contributed by atoms with Gasteiger partial charge in [0.05, 0.1) is 12.3 Å². The van der Waals surface area contributed by atoms with Crippen molar-refractivity contribution < 1.29 is 14.3 Å². The van der Waals surface area contributed by atoms with Crippen LogP contribution in [0.25, 0.3) is 0 Å². The van der Waals surface area contributed by atoms with Crippen LogP contribution in [0.5, 0.6) is 5.75 Å².